The topological polar surface area (TPSA) is 32.3 Å². The second-order valence-corrected chi connectivity index (χ2v) is 5.61. The molecule has 1 N–H and O–H groups in total. The first kappa shape index (κ1) is 12.0. The van der Waals surface area contributed by atoms with Crippen LogP contribution in [-0.2, 0) is 4.79 Å². The molecule has 1 aliphatic rings. The number of amides is 1. The molecule has 3 heteroatoms. The third-order valence-electron chi connectivity index (χ3n) is 2.98. The first-order valence-corrected chi connectivity index (χ1v) is 6.09. The number of hydrogen-bond acceptors (Lipinski definition) is 2. The van der Waals surface area contributed by atoms with Gasteiger partial charge in [-0.2, -0.15) is 0 Å². The standard InChI is InChI=1S/C14H20N2O/c1-10(2)13(17)16-9-14(3,4)15-11-7-5-6-8-12(11)16/h5-8,10,15H,9H2,1-4H3. The molecule has 92 valence electrons. The van der Waals surface area contributed by atoms with Gasteiger partial charge in [-0.15, -0.1) is 0 Å². The zero-order valence-corrected chi connectivity index (χ0v) is 10.9. The lowest BCUT2D eigenvalue weighted by atomic mass is 9.98. The minimum Gasteiger partial charge on any atom is -0.377 e. The van der Waals surface area contributed by atoms with E-state index in [-0.39, 0.29) is 17.4 Å². The molecule has 0 aromatic heterocycles. The maximum atomic E-state index is 12.2. The van der Waals surface area contributed by atoms with Gasteiger partial charge in [0.25, 0.3) is 0 Å². The minimum absolute atomic E-state index is 0.0250. The predicted molar refractivity (Wildman–Crippen MR) is 71.3 cm³/mol. The Morgan fingerprint density at radius 2 is 2.00 bits per heavy atom. The van der Waals surface area contributed by atoms with E-state index in [0.29, 0.717) is 6.54 Å². The number of nitrogens with zero attached hydrogens (tertiary/aromatic N) is 1. The Kier molecular flexibility index (Phi) is 2.86. The fourth-order valence-corrected chi connectivity index (χ4v) is 2.21. The molecular formula is C14H20N2O. The van der Waals surface area contributed by atoms with Crippen LogP contribution in [0, 0.1) is 5.92 Å². The van der Waals surface area contributed by atoms with Crippen LogP contribution in [0.1, 0.15) is 27.7 Å². The van der Waals surface area contributed by atoms with E-state index in [1.54, 1.807) is 0 Å². The summed E-state index contributed by atoms with van der Waals surface area (Å²) in [4.78, 5) is 14.1. The summed E-state index contributed by atoms with van der Waals surface area (Å²) in [5.41, 5.74) is 1.95. The number of carbonyl (C=O) groups is 1. The highest BCUT2D eigenvalue weighted by atomic mass is 16.2. The Bertz CT molecular complexity index is 438. The number of benzene rings is 1. The van der Waals surface area contributed by atoms with Crippen molar-refractivity contribution >= 4 is 17.3 Å². The highest BCUT2D eigenvalue weighted by Crippen LogP contribution is 2.34. The summed E-state index contributed by atoms with van der Waals surface area (Å²) >= 11 is 0. The van der Waals surface area contributed by atoms with Crippen molar-refractivity contribution in [2.45, 2.75) is 33.2 Å². The second-order valence-electron chi connectivity index (χ2n) is 5.61. The Hall–Kier alpha value is -1.51. The van der Waals surface area contributed by atoms with Crippen molar-refractivity contribution < 1.29 is 4.79 Å². The Morgan fingerprint density at radius 3 is 2.65 bits per heavy atom. The van der Waals surface area contributed by atoms with Gasteiger partial charge in [-0.3, -0.25) is 4.79 Å². The molecule has 1 aliphatic heterocycles. The van der Waals surface area contributed by atoms with E-state index in [9.17, 15) is 4.79 Å². The maximum Gasteiger partial charge on any atom is 0.229 e. The summed E-state index contributed by atoms with van der Waals surface area (Å²) in [6.45, 7) is 8.83. The fourth-order valence-electron chi connectivity index (χ4n) is 2.21. The molecule has 1 heterocycles. The first-order chi connectivity index (χ1) is 7.91. The Balaban J connectivity index is 2.43. The predicted octanol–water partition coefficient (Wildman–Crippen LogP) is 2.88. The summed E-state index contributed by atoms with van der Waals surface area (Å²) in [5.74, 6) is 0.212. The third kappa shape index (κ3) is 2.28. The molecule has 0 spiro atoms. The lowest BCUT2D eigenvalue weighted by Gasteiger charge is -2.41. The molecule has 1 amide bonds. The quantitative estimate of drug-likeness (QED) is 0.807. The monoisotopic (exact) mass is 232 g/mol. The van der Waals surface area contributed by atoms with Crippen LogP contribution < -0.4 is 10.2 Å². The van der Waals surface area contributed by atoms with Crippen LogP contribution in [0.2, 0.25) is 0 Å². The molecule has 3 nitrogen and oxygen atoms in total. The van der Waals surface area contributed by atoms with Gasteiger partial charge in [0.2, 0.25) is 5.91 Å². The molecule has 0 saturated carbocycles. The van der Waals surface area contributed by atoms with Gasteiger partial charge >= 0.3 is 0 Å². The summed E-state index contributed by atoms with van der Waals surface area (Å²) in [6.07, 6.45) is 0. The van der Waals surface area contributed by atoms with Gasteiger partial charge in [-0.05, 0) is 26.0 Å². The second kappa shape index (κ2) is 4.06. The molecule has 0 saturated heterocycles. The summed E-state index contributed by atoms with van der Waals surface area (Å²) in [7, 11) is 0. The van der Waals surface area contributed by atoms with Crippen molar-refractivity contribution in [1.29, 1.82) is 0 Å². The van der Waals surface area contributed by atoms with Crippen molar-refractivity contribution in [3.63, 3.8) is 0 Å². The van der Waals surface area contributed by atoms with E-state index in [0.717, 1.165) is 11.4 Å². The average Bonchev–Trinajstić information content (AvgIpc) is 2.25. The summed E-state index contributed by atoms with van der Waals surface area (Å²) < 4.78 is 0. The molecule has 1 aromatic carbocycles. The van der Waals surface area contributed by atoms with E-state index in [1.807, 2.05) is 43.0 Å². The van der Waals surface area contributed by atoms with Crippen LogP contribution in [0.4, 0.5) is 11.4 Å². The minimum atomic E-state index is -0.0844. The van der Waals surface area contributed by atoms with E-state index < -0.39 is 0 Å². The molecule has 2 rings (SSSR count). The van der Waals surface area contributed by atoms with E-state index >= 15 is 0 Å². The van der Waals surface area contributed by atoms with Crippen LogP contribution in [-0.4, -0.2) is 18.0 Å². The van der Waals surface area contributed by atoms with Crippen molar-refractivity contribution in [3.05, 3.63) is 24.3 Å². The van der Waals surface area contributed by atoms with Crippen LogP contribution in [0.5, 0.6) is 0 Å². The molecule has 0 bridgehead atoms. The smallest absolute Gasteiger partial charge is 0.229 e. The van der Waals surface area contributed by atoms with Gasteiger partial charge in [-0.25, -0.2) is 0 Å². The van der Waals surface area contributed by atoms with Gasteiger partial charge in [0, 0.05) is 18.0 Å². The number of anilines is 2. The van der Waals surface area contributed by atoms with Crippen molar-refractivity contribution in [1.82, 2.24) is 0 Å². The SMILES string of the molecule is CC(C)C(=O)N1CC(C)(C)Nc2ccccc21. The Labute approximate surface area is 103 Å². The lowest BCUT2D eigenvalue weighted by molar-refractivity contribution is -0.121. The molecule has 17 heavy (non-hydrogen) atoms. The molecule has 0 fully saturated rings. The molecule has 0 atom stereocenters. The van der Waals surface area contributed by atoms with Crippen LogP contribution in [0.25, 0.3) is 0 Å². The molecular weight excluding hydrogens is 212 g/mol. The van der Waals surface area contributed by atoms with Gasteiger partial charge in [0.05, 0.1) is 11.4 Å². The zero-order chi connectivity index (χ0) is 12.6. The van der Waals surface area contributed by atoms with Crippen LogP contribution in [0.3, 0.4) is 0 Å². The van der Waals surface area contributed by atoms with E-state index in [2.05, 4.69) is 19.2 Å². The summed E-state index contributed by atoms with van der Waals surface area (Å²) in [6, 6.07) is 7.99. The number of nitrogens with one attached hydrogen (secondary N) is 1. The Morgan fingerprint density at radius 1 is 1.35 bits per heavy atom. The van der Waals surface area contributed by atoms with Gasteiger partial charge < -0.3 is 10.2 Å². The van der Waals surface area contributed by atoms with Crippen LogP contribution in [0.15, 0.2) is 24.3 Å². The fraction of sp³-hybridized carbons (Fsp3) is 0.500. The maximum absolute atomic E-state index is 12.2. The van der Waals surface area contributed by atoms with Gasteiger partial charge in [0.1, 0.15) is 0 Å². The molecule has 1 aromatic rings. The van der Waals surface area contributed by atoms with E-state index in [1.165, 1.54) is 0 Å². The highest BCUT2D eigenvalue weighted by molar-refractivity contribution is 5.99. The third-order valence-corrected chi connectivity index (χ3v) is 2.98. The number of carbonyl (C=O) groups excluding carboxylic acids is 1. The lowest BCUT2D eigenvalue weighted by Crippen LogP contribution is -2.51. The molecule has 0 unspecified atom stereocenters. The number of rotatable bonds is 1. The number of fused-ring (bicyclic) bond motifs is 1. The normalized spacial score (nSPS) is 17.6. The number of hydrogen-bond donors (Lipinski definition) is 1. The first-order valence-electron chi connectivity index (χ1n) is 6.09. The van der Waals surface area contributed by atoms with Crippen molar-refractivity contribution in [3.8, 4) is 0 Å². The zero-order valence-electron chi connectivity index (χ0n) is 10.9. The molecule has 0 aliphatic carbocycles. The van der Waals surface area contributed by atoms with Crippen LogP contribution >= 0.6 is 0 Å². The van der Waals surface area contributed by atoms with Crippen molar-refractivity contribution in [2.75, 3.05) is 16.8 Å². The van der Waals surface area contributed by atoms with E-state index in [4.69, 9.17) is 0 Å². The van der Waals surface area contributed by atoms with Gasteiger partial charge in [-0.1, -0.05) is 26.0 Å². The summed E-state index contributed by atoms with van der Waals surface area (Å²) in [5, 5.41) is 3.47. The average molecular weight is 232 g/mol. The molecule has 0 radical (unpaired) electrons. The van der Waals surface area contributed by atoms with Crippen molar-refractivity contribution in [2.24, 2.45) is 5.92 Å². The highest BCUT2D eigenvalue weighted by Gasteiger charge is 2.33. The largest absolute Gasteiger partial charge is 0.377 e. The number of para-hydroxylation sites is 2. The van der Waals surface area contributed by atoms with Gasteiger partial charge in [0.15, 0.2) is 0 Å².